The summed E-state index contributed by atoms with van der Waals surface area (Å²) in [5.74, 6) is 0.972. The van der Waals surface area contributed by atoms with E-state index in [-0.39, 0.29) is 22.6 Å². The summed E-state index contributed by atoms with van der Waals surface area (Å²) < 4.78 is 5.74. The number of esters is 1. The van der Waals surface area contributed by atoms with Crippen LogP contribution in [0.25, 0.3) is 0 Å². The van der Waals surface area contributed by atoms with Crippen LogP contribution in [0.3, 0.4) is 0 Å². The number of carbonyl (C=O) groups is 1. The number of rotatable bonds is 1. The lowest BCUT2D eigenvalue weighted by molar-refractivity contribution is -0.169. The van der Waals surface area contributed by atoms with Crippen LogP contribution in [0, 0.1) is 11.8 Å². The zero-order valence-electron chi connectivity index (χ0n) is 13.9. The Morgan fingerprint density at radius 2 is 2.05 bits per heavy atom. The van der Waals surface area contributed by atoms with Gasteiger partial charge in [0.05, 0.1) is 5.54 Å². The fraction of sp³-hybridized carbons (Fsp3) is 0.722. The lowest BCUT2D eigenvalue weighted by Crippen LogP contribution is -2.64. The Balaban J connectivity index is 1.71. The van der Waals surface area contributed by atoms with Crippen molar-refractivity contribution in [3.63, 3.8) is 0 Å². The second-order valence-electron chi connectivity index (χ2n) is 8.68. The molecule has 3 saturated heterocycles. The van der Waals surface area contributed by atoms with Crippen molar-refractivity contribution in [1.29, 1.82) is 0 Å². The van der Waals surface area contributed by atoms with E-state index in [1.165, 1.54) is 5.57 Å². The van der Waals surface area contributed by atoms with Crippen LogP contribution in [0.5, 0.6) is 0 Å². The molecule has 1 aliphatic carbocycles. The van der Waals surface area contributed by atoms with Crippen LogP contribution in [0.4, 0.5) is 0 Å². The first-order valence-electron chi connectivity index (χ1n) is 7.98. The maximum Gasteiger partial charge on any atom is 0.329 e. The van der Waals surface area contributed by atoms with Gasteiger partial charge in [-0.15, -0.1) is 0 Å². The molecule has 0 radical (unpaired) electrons. The average Bonchev–Trinajstić information content (AvgIpc) is 2.73. The zero-order chi connectivity index (χ0) is 15.4. The Morgan fingerprint density at radius 3 is 2.67 bits per heavy atom. The molecule has 3 fully saturated rings. The van der Waals surface area contributed by atoms with E-state index in [1.807, 2.05) is 20.8 Å². The van der Waals surface area contributed by atoms with E-state index in [4.69, 9.17) is 4.74 Å². The van der Waals surface area contributed by atoms with Crippen LogP contribution in [0.2, 0.25) is 0 Å². The third-order valence-electron chi connectivity index (χ3n) is 6.34. The van der Waals surface area contributed by atoms with Crippen molar-refractivity contribution < 1.29 is 9.53 Å². The number of fused-ring (bicyclic) bond motifs is 4. The minimum atomic E-state index is -0.413. The first-order chi connectivity index (χ1) is 9.59. The Labute approximate surface area is 127 Å². The summed E-state index contributed by atoms with van der Waals surface area (Å²) >= 11 is 0. The highest BCUT2D eigenvalue weighted by molar-refractivity contribution is 5.92. The van der Waals surface area contributed by atoms with Crippen molar-refractivity contribution in [2.45, 2.75) is 70.2 Å². The second kappa shape index (κ2) is 3.29. The summed E-state index contributed by atoms with van der Waals surface area (Å²) in [5, 5.41) is 0. The number of ether oxygens (including phenoxy) is 1. The third-order valence-corrected chi connectivity index (χ3v) is 6.34. The summed E-state index contributed by atoms with van der Waals surface area (Å²) in [5.41, 5.74) is 0.751. The van der Waals surface area contributed by atoms with Gasteiger partial charge in [0.25, 0.3) is 0 Å². The molecule has 0 aromatic heterocycles. The quantitative estimate of drug-likeness (QED) is 0.548. The minimum absolute atomic E-state index is 0.0194. The molecule has 0 aromatic rings. The van der Waals surface area contributed by atoms with Gasteiger partial charge in [-0.25, -0.2) is 4.79 Å². The van der Waals surface area contributed by atoms with Crippen molar-refractivity contribution in [2.75, 3.05) is 0 Å². The van der Waals surface area contributed by atoms with Gasteiger partial charge < -0.3 is 4.74 Å². The highest BCUT2D eigenvalue weighted by Gasteiger charge is 2.96. The standard InChI is InChI=1S/C18H25NO2/c1-11-8-7-9-12-13(11)16(5)10-18(17(12,6)19(16)18)14(20)21-15(2,3)4/h7-9,12-13H,10H2,1-6H3/t12?,13?,16-,17-,18?,19?/m1/s1. The molecule has 0 spiro atoms. The molecule has 6 atom stereocenters. The molecule has 0 amide bonds. The van der Waals surface area contributed by atoms with Crippen molar-refractivity contribution in [3.8, 4) is 0 Å². The summed E-state index contributed by atoms with van der Waals surface area (Å²) in [7, 11) is 0. The molecule has 114 valence electrons. The van der Waals surface area contributed by atoms with Crippen LogP contribution < -0.4 is 0 Å². The summed E-state index contributed by atoms with van der Waals surface area (Å²) in [6.45, 7) is 12.7. The van der Waals surface area contributed by atoms with Crippen molar-refractivity contribution >= 4 is 5.97 Å². The van der Waals surface area contributed by atoms with Gasteiger partial charge in [-0.3, -0.25) is 4.90 Å². The fourth-order valence-electron chi connectivity index (χ4n) is 5.90. The van der Waals surface area contributed by atoms with Crippen molar-refractivity contribution in [1.82, 2.24) is 4.90 Å². The molecule has 0 bridgehead atoms. The first kappa shape index (κ1) is 13.6. The topological polar surface area (TPSA) is 29.3 Å². The van der Waals surface area contributed by atoms with E-state index < -0.39 is 5.60 Å². The normalized spacial score (nSPS) is 52.5. The van der Waals surface area contributed by atoms with Crippen LogP contribution in [-0.4, -0.2) is 33.1 Å². The molecule has 4 aliphatic rings. The van der Waals surface area contributed by atoms with Gasteiger partial charge in [-0.05, 0) is 48.0 Å². The largest absolute Gasteiger partial charge is 0.459 e. The average molecular weight is 287 g/mol. The first-order valence-corrected chi connectivity index (χ1v) is 7.98. The molecule has 0 N–H and O–H groups in total. The van der Waals surface area contributed by atoms with Gasteiger partial charge in [0.1, 0.15) is 11.1 Å². The third kappa shape index (κ3) is 1.21. The number of carbonyl (C=O) groups excluding carboxylic acids is 1. The molecular formula is C18H25NO2. The molecule has 3 aliphatic heterocycles. The monoisotopic (exact) mass is 287 g/mol. The van der Waals surface area contributed by atoms with Gasteiger partial charge >= 0.3 is 5.97 Å². The highest BCUT2D eigenvalue weighted by atomic mass is 16.6. The van der Waals surface area contributed by atoms with Crippen LogP contribution >= 0.6 is 0 Å². The van der Waals surface area contributed by atoms with Gasteiger partial charge in [0.2, 0.25) is 0 Å². The highest BCUT2D eigenvalue weighted by Crippen LogP contribution is 2.82. The summed E-state index contributed by atoms with van der Waals surface area (Å²) in [6, 6.07) is 0. The molecule has 0 aromatic carbocycles. The zero-order valence-corrected chi connectivity index (χ0v) is 13.9. The maximum atomic E-state index is 12.8. The van der Waals surface area contributed by atoms with E-state index in [9.17, 15) is 4.79 Å². The van der Waals surface area contributed by atoms with Crippen LogP contribution in [0.1, 0.15) is 48.0 Å². The summed E-state index contributed by atoms with van der Waals surface area (Å²) in [4.78, 5) is 15.2. The summed E-state index contributed by atoms with van der Waals surface area (Å²) in [6.07, 6.45) is 7.64. The lowest BCUT2D eigenvalue weighted by Gasteiger charge is -2.52. The Hall–Kier alpha value is -1.09. The number of hydrogen-bond donors (Lipinski definition) is 0. The maximum absolute atomic E-state index is 12.8. The second-order valence-corrected chi connectivity index (χ2v) is 8.68. The lowest BCUT2D eigenvalue weighted by atomic mass is 9.56. The van der Waals surface area contributed by atoms with Crippen LogP contribution in [0.15, 0.2) is 23.8 Å². The smallest absolute Gasteiger partial charge is 0.329 e. The Bertz CT molecular complexity index is 613. The Kier molecular flexibility index (Phi) is 2.13. The van der Waals surface area contributed by atoms with E-state index in [0.717, 1.165) is 6.42 Å². The molecular weight excluding hydrogens is 262 g/mol. The van der Waals surface area contributed by atoms with E-state index in [2.05, 4.69) is 43.9 Å². The molecule has 21 heavy (non-hydrogen) atoms. The predicted molar refractivity (Wildman–Crippen MR) is 81.7 cm³/mol. The van der Waals surface area contributed by atoms with Gasteiger partial charge in [0, 0.05) is 17.4 Å². The molecule has 4 unspecified atom stereocenters. The SMILES string of the molecule is CC1=CC=CC2C1[C@@]1(C)CC3(C(=O)OC(C)(C)C)N1[C@]23C. The van der Waals surface area contributed by atoms with Gasteiger partial charge in [-0.1, -0.05) is 23.8 Å². The Morgan fingerprint density at radius 1 is 1.38 bits per heavy atom. The number of hydrogen-bond acceptors (Lipinski definition) is 3. The van der Waals surface area contributed by atoms with Crippen molar-refractivity contribution in [3.05, 3.63) is 23.8 Å². The number of piperidine rings is 1. The number of nitrogens with zero attached hydrogens (tertiary/aromatic N) is 1. The fourth-order valence-corrected chi connectivity index (χ4v) is 5.90. The molecule has 0 saturated carbocycles. The predicted octanol–water partition coefficient (Wildman–Crippen LogP) is 3.07. The van der Waals surface area contributed by atoms with E-state index in [1.54, 1.807) is 0 Å². The number of allylic oxidation sites excluding steroid dienone is 2. The van der Waals surface area contributed by atoms with Gasteiger partial charge in [0.15, 0.2) is 0 Å². The molecule has 3 heteroatoms. The van der Waals surface area contributed by atoms with Crippen LogP contribution in [-0.2, 0) is 9.53 Å². The molecule has 4 rings (SSSR count). The molecule has 3 nitrogen and oxygen atoms in total. The minimum Gasteiger partial charge on any atom is -0.459 e. The van der Waals surface area contributed by atoms with Crippen molar-refractivity contribution in [2.24, 2.45) is 11.8 Å². The molecule has 3 heterocycles. The van der Waals surface area contributed by atoms with Gasteiger partial charge in [-0.2, -0.15) is 0 Å². The van der Waals surface area contributed by atoms with E-state index in [0.29, 0.717) is 11.8 Å². The van der Waals surface area contributed by atoms with E-state index >= 15 is 0 Å².